The molecule has 1 aromatic carbocycles. The fourth-order valence-corrected chi connectivity index (χ4v) is 2.55. The van der Waals surface area contributed by atoms with E-state index >= 15 is 0 Å². The van der Waals surface area contributed by atoms with Crippen LogP contribution in [0.15, 0.2) is 18.2 Å². The van der Waals surface area contributed by atoms with Crippen LogP contribution < -0.4 is 4.90 Å². The van der Waals surface area contributed by atoms with Crippen molar-refractivity contribution in [3.05, 3.63) is 29.3 Å². The molecule has 4 heteroatoms. The molecule has 1 aromatic rings. The molecule has 0 aromatic heterocycles. The van der Waals surface area contributed by atoms with Crippen LogP contribution in [-0.2, 0) is 0 Å². The molecule has 4 nitrogen and oxygen atoms in total. The second-order valence-electron chi connectivity index (χ2n) is 4.70. The smallest absolute Gasteiger partial charge is 0.335 e. The third kappa shape index (κ3) is 2.30. The van der Waals surface area contributed by atoms with E-state index in [2.05, 4.69) is 11.0 Å². The van der Waals surface area contributed by atoms with E-state index in [0.29, 0.717) is 11.6 Å². The standard InChI is InChI=1S/C14H16N2O2/c1-16(12-4-2-3-5-12)13-7-6-10(14(17)18)8-11(13)9-15/h6-8,12H,2-5H2,1H3,(H,17,18). The highest BCUT2D eigenvalue weighted by Crippen LogP contribution is 2.29. The van der Waals surface area contributed by atoms with Crippen LogP contribution in [0.25, 0.3) is 0 Å². The van der Waals surface area contributed by atoms with Crippen molar-refractivity contribution >= 4 is 11.7 Å². The molecular formula is C14H16N2O2. The first-order valence-electron chi connectivity index (χ1n) is 6.13. The summed E-state index contributed by atoms with van der Waals surface area (Å²) in [5, 5.41) is 18.1. The van der Waals surface area contributed by atoms with Gasteiger partial charge in [-0.3, -0.25) is 0 Å². The van der Waals surface area contributed by atoms with Gasteiger partial charge in [-0.15, -0.1) is 0 Å². The van der Waals surface area contributed by atoms with E-state index in [1.807, 2.05) is 7.05 Å². The third-order valence-corrected chi connectivity index (χ3v) is 3.62. The molecule has 18 heavy (non-hydrogen) atoms. The number of hydrogen-bond acceptors (Lipinski definition) is 3. The maximum atomic E-state index is 10.9. The van der Waals surface area contributed by atoms with Crippen LogP contribution in [0.3, 0.4) is 0 Å². The van der Waals surface area contributed by atoms with Gasteiger partial charge in [0.2, 0.25) is 0 Å². The molecule has 1 fully saturated rings. The lowest BCUT2D eigenvalue weighted by Crippen LogP contribution is -2.29. The highest BCUT2D eigenvalue weighted by molar-refractivity contribution is 5.89. The Morgan fingerprint density at radius 1 is 1.44 bits per heavy atom. The van der Waals surface area contributed by atoms with Gasteiger partial charge in [-0.2, -0.15) is 5.26 Å². The highest BCUT2D eigenvalue weighted by atomic mass is 16.4. The number of nitriles is 1. The summed E-state index contributed by atoms with van der Waals surface area (Å²) in [6.45, 7) is 0. The number of benzene rings is 1. The minimum atomic E-state index is -0.999. The van der Waals surface area contributed by atoms with Crippen LogP contribution in [0.2, 0.25) is 0 Å². The first-order chi connectivity index (χ1) is 8.63. The van der Waals surface area contributed by atoms with E-state index < -0.39 is 5.97 Å². The molecular weight excluding hydrogens is 228 g/mol. The molecule has 1 N–H and O–H groups in total. The minimum Gasteiger partial charge on any atom is -0.478 e. The lowest BCUT2D eigenvalue weighted by molar-refractivity contribution is 0.0697. The number of carboxylic acids is 1. The SMILES string of the molecule is CN(c1ccc(C(=O)O)cc1C#N)C1CCCC1. The molecule has 0 radical (unpaired) electrons. The first kappa shape index (κ1) is 12.4. The van der Waals surface area contributed by atoms with Gasteiger partial charge in [0.05, 0.1) is 16.8 Å². The van der Waals surface area contributed by atoms with Crippen LogP contribution in [0.5, 0.6) is 0 Å². The van der Waals surface area contributed by atoms with Gasteiger partial charge < -0.3 is 10.0 Å². The fourth-order valence-electron chi connectivity index (χ4n) is 2.55. The number of hydrogen-bond donors (Lipinski definition) is 1. The zero-order valence-corrected chi connectivity index (χ0v) is 10.4. The van der Waals surface area contributed by atoms with Gasteiger partial charge in [-0.05, 0) is 31.0 Å². The molecule has 0 bridgehead atoms. The Balaban J connectivity index is 2.32. The van der Waals surface area contributed by atoms with Gasteiger partial charge in [-0.25, -0.2) is 4.79 Å². The van der Waals surface area contributed by atoms with E-state index in [1.165, 1.54) is 18.9 Å². The second kappa shape index (κ2) is 5.09. The number of nitrogens with zero attached hydrogens (tertiary/aromatic N) is 2. The zero-order valence-electron chi connectivity index (χ0n) is 10.4. The largest absolute Gasteiger partial charge is 0.478 e. The lowest BCUT2D eigenvalue weighted by Gasteiger charge is -2.27. The van der Waals surface area contributed by atoms with Crippen molar-refractivity contribution < 1.29 is 9.90 Å². The summed E-state index contributed by atoms with van der Waals surface area (Å²) in [7, 11) is 1.98. The molecule has 0 saturated heterocycles. The molecule has 0 heterocycles. The third-order valence-electron chi connectivity index (χ3n) is 3.62. The topological polar surface area (TPSA) is 64.3 Å². The average molecular weight is 244 g/mol. The lowest BCUT2D eigenvalue weighted by atomic mass is 10.1. The molecule has 2 rings (SSSR count). The van der Waals surface area contributed by atoms with E-state index in [9.17, 15) is 4.79 Å². The molecule has 0 atom stereocenters. The zero-order chi connectivity index (χ0) is 13.1. The molecule has 0 aliphatic heterocycles. The summed E-state index contributed by atoms with van der Waals surface area (Å²) >= 11 is 0. The second-order valence-corrected chi connectivity index (χ2v) is 4.70. The number of carboxylic acid groups (broad SMARTS) is 1. The molecule has 1 aliphatic rings. The predicted octanol–water partition coefficient (Wildman–Crippen LogP) is 2.64. The van der Waals surface area contributed by atoms with Crippen molar-refractivity contribution in [1.82, 2.24) is 0 Å². The monoisotopic (exact) mass is 244 g/mol. The normalized spacial score (nSPS) is 15.3. The molecule has 0 spiro atoms. The quantitative estimate of drug-likeness (QED) is 0.887. The van der Waals surface area contributed by atoms with Crippen LogP contribution in [0, 0.1) is 11.3 Å². The summed E-state index contributed by atoms with van der Waals surface area (Å²) in [4.78, 5) is 13.0. The van der Waals surface area contributed by atoms with Crippen LogP contribution in [0.1, 0.15) is 41.6 Å². The van der Waals surface area contributed by atoms with Gasteiger partial charge in [0.15, 0.2) is 0 Å². The van der Waals surface area contributed by atoms with Crippen molar-refractivity contribution in [2.45, 2.75) is 31.7 Å². The highest BCUT2D eigenvalue weighted by Gasteiger charge is 2.22. The molecule has 94 valence electrons. The summed E-state index contributed by atoms with van der Waals surface area (Å²) in [6.07, 6.45) is 4.73. The summed E-state index contributed by atoms with van der Waals surface area (Å²) in [5.74, 6) is -0.999. The molecule has 1 aliphatic carbocycles. The number of aromatic carboxylic acids is 1. The van der Waals surface area contributed by atoms with Crippen molar-refractivity contribution in [3.8, 4) is 6.07 Å². The van der Waals surface area contributed by atoms with Crippen LogP contribution in [0.4, 0.5) is 5.69 Å². The molecule has 0 unspecified atom stereocenters. The summed E-state index contributed by atoms with van der Waals surface area (Å²) in [5.41, 5.74) is 1.42. The Bertz CT molecular complexity index is 499. The maximum absolute atomic E-state index is 10.9. The summed E-state index contributed by atoms with van der Waals surface area (Å²) in [6, 6.07) is 7.30. The maximum Gasteiger partial charge on any atom is 0.335 e. The van der Waals surface area contributed by atoms with Crippen LogP contribution in [-0.4, -0.2) is 24.2 Å². The summed E-state index contributed by atoms with van der Waals surface area (Å²) < 4.78 is 0. The van der Waals surface area contributed by atoms with Gasteiger partial charge >= 0.3 is 5.97 Å². The minimum absolute atomic E-state index is 0.162. The Hall–Kier alpha value is -2.02. The number of carbonyl (C=O) groups is 1. The Morgan fingerprint density at radius 3 is 2.67 bits per heavy atom. The Kier molecular flexibility index (Phi) is 3.52. The predicted molar refractivity (Wildman–Crippen MR) is 68.8 cm³/mol. The van der Waals surface area contributed by atoms with E-state index in [0.717, 1.165) is 18.5 Å². The fraction of sp³-hybridized carbons (Fsp3) is 0.429. The van der Waals surface area contributed by atoms with Gasteiger partial charge in [0.25, 0.3) is 0 Å². The number of anilines is 1. The average Bonchev–Trinajstić information content (AvgIpc) is 2.90. The van der Waals surface area contributed by atoms with Gasteiger partial charge in [0.1, 0.15) is 6.07 Å². The van der Waals surface area contributed by atoms with Crippen molar-refractivity contribution in [1.29, 1.82) is 5.26 Å². The Morgan fingerprint density at radius 2 is 2.11 bits per heavy atom. The van der Waals surface area contributed by atoms with Crippen molar-refractivity contribution in [2.75, 3.05) is 11.9 Å². The number of rotatable bonds is 3. The van der Waals surface area contributed by atoms with Crippen LogP contribution >= 0.6 is 0 Å². The van der Waals surface area contributed by atoms with Crippen molar-refractivity contribution in [2.24, 2.45) is 0 Å². The van der Waals surface area contributed by atoms with Gasteiger partial charge in [0, 0.05) is 13.1 Å². The van der Waals surface area contributed by atoms with E-state index in [1.54, 1.807) is 12.1 Å². The van der Waals surface area contributed by atoms with Gasteiger partial charge in [-0.1, -0.05) is 12.8 Å². The van der Waals surface area contributed by atoms with E-state index in [-0.39, 0.29) is 5.56 Å². The van der Waals surface area contributed by atoms with Crippen molar-refractivity contribution in [3.63, 3.8) is 0 Å². The molecule has 0 amide bonds. The first-order valence-corrected chi connectivity index (χ1v) is 6.13. The Labute approximate surface area is 106 Å². The molecule has 1 saturated carbocycles. The van der Waals surface area contributed by atoms with E-state index in [4.69, 9.17) is 10.4 Å².